The van der Waals surface area contributed by atoms with E-state index in [9.17, 15) is 13.6 Å². The molecule has 2 unspecified atom stereocenters. The molecular weight excluding hydrogens is 364 g/mol. The number of nitrogens with one attached hydrogen (secondary N) is 1. The number of carbonyl (C=O) groups excluding carboxylic acids is 1. The lowest BCUT2D eigenvalue weighted by Gasteiger charge is -2.27. The first-order valence-electron chi connectivity index (χ1n) is 8.21. The summed E-state index contributed by atoms with van der Waals surface area (Å²) in [6, 6.07) is 10.4. The third kappa shape index (κ3) is 5.49. The minimum Gasteiger partial charge on any atom is -0.377 e. The largest absolute Gasteiger partial charge is 0.377 e. The van der Waals surface area contributed by atoms with Crippen LogP contribution in [0, 0.1) is 11.6 Å². The van der Waals surface area contributed by atoms with Crippen molar-refractivity contribution in [2.24, 2.45) is 0 Å². The van der Waals surface area contributed by atoms with Gasteiger partial charge in [0.05, 0.1) is 12.5 Å². The fraction of sp³-hybridized carbons (Fsp3) is 0.316. The highest BCUT2D eigenvalue weighted by Crippen LogP contribution is 2.31. The second kappa shape index (κ2) is 9.62. The van der Waals surface area contributed by atoms with E-state index in [4.69, 9.17) is 21.5 Å². The predicted octanol–water partition coefficient (Wildman–Crippen LogP) is 3.50. The minimum absolute atomic E-state index is 0.105. The zero-order chi connectivity index (χ0) is 19.1. The Bertz CT molecular complexity index is 740. The van der Waals surface area contributed by atoms with E-state index in [1.807, 2.05) is 17.6 Å². The molecule has 0 aliphatic heterocycles. The molecule has 0 heterocycles. The van der Waals surface area contributed by atoms with Crippen LogP contribution >= 0.6 is 11.6 Å². The monoisotopic (exact) mass is 384 g/mol. The molecule has 1 amide bonds. The van der Waals surface area contributed by atoms with Gasteiger partial charge in [-0.15, -0.1) is 5.48 Å². The lowest BCUT2D eigenvalue weighted by atomic mass is 9.85. The van der Waals surface area contributed by atoms with Crippen LogP contribution in [0.25, 0.3) is 0 Å². The molecule has 0 spiro atoms. The number of hydrogen-bond acceptors (Lipinski definition) is 2. The third-order valence-corrected chi connectivity index (χ3v) is 4.34. The zero-order valence-corrected chi connectivity index (χ0v) is 15.0. The van der Waals surface area contributed by atoms with Crippen LogP contribution in [0.15, 0.2) is 42.5 Å². The van der Waals surface area contributed by atoms with Gasteiger partial charge in [-0.3, -0.25) is 4.79 Å². The van der Waals surface area contributed by atoms with E-state index in [0.717, 1.165) is 11.6 Å². The summed E-state index contributed by atoms with van der Waals surface area (Å²) in [6.45, 7) is 2.09. The van der Waals surface area contributed by atoms with Crippen molar-refractivity contribution in [1.29, 1.82) is 0 Å². The lowest BCUT2D eigenvalue weighted by molar-refractivity contribution is -0.132. The average molecular weight is 385 g/mol. The summed E-state index contributed by atoms with van der Waals surface area (Å²) in [7, 11) is 0. The normalized spacial score (nSPS) is 13.3. The molecule has 0 aliphatic carbocycles. The minimum atomic E-state index is -0.694. The molecule has 0 radical (unpaired) electrons. The summed E-state index contributed by atoms with van der Waals surface area (Å²) in [4.78, 5) is 11.7. The van der Waals surface area contributed by atoms with E-state index in [2.05, 4.69) is 0 Å². The first-order valence-corrected chi connectivity index (χ1v) is 8.59. The molecule has 0 saturated carbocycles. The molecule has 2 aromatic carbocycles. The third-order valence-electron chi connectivity index (χ3n) is 4.09. The van der Waals surface area contributed by atoms with E-state index < -0.39 is 29.6 Å². The topological polar surface area (TPSA) is 61.2 Å². The summed E-state index contributed by atoms with van der Waals surface area (Å²) >= 11 is 5.91. The van der Waals surface area contributed by atoms with Gasteiger partial charge in [0.2, 0.25) is 0 Å². The van der Waals surface area contributed by atoms with Gasteiger partial charge in [0, 0.05) is 23.6 Å². The molecular formula is C19H21ClF2NO3+. The van der Waals surface area contributed by atoms with Gasteiger partial charge >= 0.3 is 0 Å². The average Bonchev–Trinajstić information content (AvgIpc) is 2.61. The maximum atomic E-state index is 14.4. The first-order chi connectivity index (χ1) is 12.4. The fourth-order valence-electron chi connectivity index (χ4n) is 2.88. The van der Waals surface area contributed by atoms with E-state index in [-0.39, 0.29) is 12.0 Å². The van der Waals surface area contributed by atoms with Crippen molar-refractivity contribution >= 4 is 17.5 Å². The Morgan fingerprint density at radius 1 is 1.23 bits per heavy atom. The van der Waals surface area contributed by atoms with Gasteiger partial charge < -0.3 is 9.94 Å². The number of hydroxylamine groups is 1. The van der Waals surface area contributed by atoms with Crippen LogP contribution < -0.4 is 5.48 Å². The maximum absolute atomic E-state index is 14.4. The van der Waals surface area contributed by atoms with Crippen molar-refractivity contribution in [1.82, 2.24) is 5.48 Å². The molecule has 0 fully saturated rings. The lowest BCUT2D eigenvalue weighted by Crippen LogP contribution is -2.32. The van der Waals surface area contributed by atoms with Crippen LogP contribution in [0.3, 0.4) is 0 Å². The second-order valence-corrected chi connectivity index (χ2v) is 6.29. The molecule has 0 aromatic heterocycles. The smallest absolute Gasteiger partial charge is 0.286 e. The molecule has 2 rings (SSSR count). The number of rotatable bonds is 8. The van der Waals surface area contributed by atoms with E-state index >= 15 is 0 Å². The number of amides is 1. The van der Waals surface area contributed by atoms with Crippen molar-refractivity contribution in [3.63, 3.8) is 0 Å². The predicted molar refractivity (Wildman–Crippen MR) is 96.0 cm³/mol. The van der Waals surface area contributed by atoms with Gasteiger partial charge in [-0.25, -0.2) is 8.78 Å². The molecule has 7 heteroatoms. The molecule has 0 aliphatic rings. The SMILES string of the molecule is CCOC(CC(=O)N[OH2+])C(Cc1ccc(Cl)cc1)c1ccc(F)cc1F. The van der Waals surface area contributed by atoms with Gasteiger partial charge in [-0.2, -0.15) is 0 Å². The van der Waals surface area contributed by atoms with Crippen LogP contribution in [0.1, 0.15) is 30.4 Å². The van der Waals surface area contributed by atoms with Gasteiger partial charge in [-0.05, 0) is 42.7 Å². The number of carbonyl (C=O) groups is 1. The molecule has 4 nitrogen and oxygen atoms in total. The number of benzene rings is 2. The van der Waals surface area contributed by atoms with Crippen LogP contribution in [0.5, 0.6) is 0 Å². The Balaban J connectivity index is 2.40. The zero-order valence-electron chi connectivity index (χ0n) is 14.3. The van der Waals surface area contributed by atoms with Crippen molar-refractivity contribution < 1.29 is 23.5 Å². The summed E-state index contributed by atoms with van der Waals surface area (Å²) in [6.07, 6.45) is -0.400. The van der Waals surface area contributed by atoms with E-state index in [1.54, 1.807) is 19.1 Å². The van der Waals surface area contributed by atoms with Crippen molar-refractivity contribution in [3.8, 4) is 0 Å². The number of hydrogen-bond donors (Lipinski definition) is 1. The molecule has 2 atom stereocenters. The number of halogens is 3. The van der Waals surface area contributed by atoms with Gasteiger partial charge in [0.15, 0.2) is 0 Å². The summed E-state index contributed by atoms with van der Waals surface area (Å²) in [5, 5.41) is 7.58. The Morgan fingerprint density at radius 2 is 1.92 bits per heavy atom. The van der Waals surface area contributed by atoms with Gasteiger partial charge in [0.25, 0.3) is 5.91 Å². The maximum Gasteiger partial charge on any atom is 0.286 e. The summed E-state index contributed by atoms with van der Waals surface area (Å²) < 4.78 is 33.4. The standard InChI is InChI=1S/C19H20ClF2NO3/c1-2-26-18(11-19(24)23-25)16(9-12-3-5-13(20)6-4-12)15-8-7-14(21)10-17(15)22/h3-8,10,16,18,25H,2,9,11H2,1H3,(H,23,24)/p+1. The summed E-state index contributed by atoms with van der Waals surface area (Å²) in [5.74, 6) is -2.44. The fourth-order valence-corrected chi connectivity index (χ4v) is 3.01. The molecule has 26 heavy (non-hydrogen) atoms. The molecule has 0 saturated heterocycles. The van der Waals surface area contributed by atoms with Crippen molar-refractivity contribution in [2.45, 2.75) is 31.8 Å². The van der Waals surface area contributed by atoms with E-state index in [0.29, 0.717) is 18.1 Å². The highest BCUT2D eigenvalue weighted by molar-refractivity contribution is 6.30. The van der Waals surface area contributed by atoms with Crippen LogP contribution in [-0.2, 0) is 16.0 Å². The Hall–Kier alpha value is -2.02. The first kappa shape index (κ1) is 20.3. The summed E-state index contributed by atoms with van der Waals surface area (Å²) in [5.41, 5.74) is 2.95. The Kier molecular flexibility index (Phi) is 7.50. The van der Waals surface area contributed by atoms with E-state index in [1.165, 1.54) is 12.1 Å². The second-order valence-electron chi connectivity index (χ2n) is 5.85. The van der Waals surface area contributed by atoms with Gasteiger partial charge in [-0.1, -0.05) is 29.8 Å². The molecule has 3 N–H and O–H groups in total. The molecule has 140 valence electrons. The van der Waals surface area contributed by atoms with Gasteiger partial charge in [0.1, 0.15) is 11.6 Å². The van der Waals surface area contributed by atoms with Crippen LogP contribution in [-0.4, -0.2) is 23.8 Å². The van der Waals surface area contributed by atoms with Crippen LogP contribution in [0.2, 0.25) is 5.02 Å². The Labute approximate surface area is 155 Å². The Morgan fingerprint density at radius 3 is 2.50 bits per heavy atom. The highest BCUT2D eigenvalue weighted by atomic mass is 35.5. The van der Waals surface area contributed by atoms with Crippen molar-refractivity contribution in [2.75, 3.05) is 6.61 Å². The van der Waals surface area contributed by atoms with Crippen LogP contribution in [0.4, 0.5) is 8.78 Å². The number of ether oxygens (including phenoxy) is 1. The molecule has 2 aromatic rings. The highest BCUT2D eigenvalue weighted by Gasteiger charge is 2.29. The quantitative estimate of drug-likeness (QED) is 0.559. The van der Waals surface area contributed by atoms with Crippen molar-refractivity contribution in [3.05, 3.63) is 70.2 Å². The molecule has 0 bridgehead atoms.